The lowest BCUT2D eigenvalue weighted by Gasteiger charge is -2.17. The first-order valence-electron chi connectivity index (χ1n) is 6.25. The molecule has 2 aromatic rings. The maximum absolute atomic E-state index is 6.37. The van der Waals surface area contributed by atoms with Gasteiger partial charge in [0.25, 0.3) is 0 Å². The standard InChI is InChI=1S/C16H20N2/c1-10-8-12(3)16(18-9-10)15(17)14-7-5-6-11(2)13(14)4/h5-9,15H,17H2,1-4H3. The molecule has 0 aliphatic carbocycles. The second-order valence-electron chi connectivity index (χ2n) is 4.98. The Hall–Kier alpha value is -1.67. The van der Waals surface area contributed by atoms with Crippen molar-refractivity contribution in [2.75, 3.05) is 0 Å². The lowest BCUT2D eigenvalue weighted by Crippen LogP contribution is -2.16. The number of pyridine rings is 1. The van der Waals surface area contributed by atoms with Crippen LogP contribution in [-0.4, -0.2) is 4.98 Å². The van der Waals surface area contributed by atoms with E-state index >= 15 is 0 Å². The predicted molar refractivity (Wildman–Crippen MR) is 75.7 cm³/mol. The molecule has 0 aliphatic heterocycles. The van der Waals surface area contributed by atoms with Gasteiger partial charge in [-0.05, 0) is 55.5 Å². The van der Waals surface area contributed by atoms with Crippen LogP contribution in [0.5, 0.6) is 0 Å². The zero-order valence-electron chi connectivity index (χ0n) is 11.5. The van der Waals surface area contributed by atoms with Gasteiger partial charge < -0.3 is 5.73 Å². The monoisotopic (exact) mass is 240 g/mol. The van der Waals surface area contributed by atoms with Gasteiger partial charge in [0, 0.05) is 6.20 Å². The van der Waals surface area contributed by atoms with Gasteiger partial charge in [0.1, 0.15) is 0 Å². The van der Waals surface area contributed by atoms with Crippen LogP contribution in [0.15, 0.2) is 30.5 Å². The summed E-state index contributed by atoms with van der Waals surface area (Å²) in [5, 5.41) is 0. The molecule has 2 rings (SSSR count). The van der Waals surface area contributed by atoms with E-state index in [0.29, 0.717) is 0 Å². The topological polar surface area (TPSA) is 38.9 Å². The van der Waals surface area contributed by atoms with E-state index in [1.165, 1.54) is 16.7 Å². The molecule has 0 spiro atoms. The molecule has 18 heavy (non-hydrogen) atoms. The van der Waals surface area contributed by atoms with Gasteiger partial charge in [-0.15, -0.1) is 0 Å². The van der Waals surface area contributed by atoms with Crippen LogP contribution in [0.4, 0.5) is 0 Å². The fraction of sp³-hybridized carbons (Fsp3) is 0.312. The Morgan fingerprint density at radius 2 is 1.78 bits per heavy atom. The summed E-state index contributed by atoms with van der Waals surface area (Å²) in [6.07, 6.45) is 1.88. The Morgan fingerprint density at radius 3 is 2.44 bits per heavy atom. The highest BCUT2D eigenvalue weighted by Gasteiger charge is 2.15. The summed E-state index contributed by atoms with van der Waals surface area (Å²) < 4.78 is 0. The fourth-order valence-corrected chi connectivity index (χ4v) is 2.31. The highest BCUT2D eigenvalue weighted by molar-refractivity contribution is 5.40. The minimum Gasteiger partial charge on any atom is -0.319 e. The van der Waals surface area contributed by atoms with Crippen LogP contribution in [0.25, 0.3) is 0 Å². The largest absolute Gasteiger partial charge is 0.319 e. The van der Waals surface area contributed by atoms with E-state index in [0.717, 1.165) is 16.8 Å². The zero-order valence-corrected chi connectivity index (χ0v) is 11.5. The number of benzene rings is 1. The molecule has 0 radical (unpaired) electrons. The normalized spacial score (nSPS) is 12.5. The van der Waals surface area contributed by atoms with Crippen LogP contribution in [0.1, 0.15) is 39.6 Å². The third kappa shape index (κ3) is 2.29. The van der Waals surface area contributed by atoms with Crippen molar-refractivity contribution in [1.29, 1.82) is 0 Å². The Bertz CT molecular complexity index is 573. The van der Waals surface area contributed by atoms with Crippen LogP contribution in [-0.2, 0) is 0 Å². The fourth-order valence-electron chi connectivity index (χ4n) is 2.31. The molecule has 2 nitrogen and oxygen atoms in total. The van der Waals surface area contributed by atoms with Crippen LogP contribution in [0, 0.1) is 27.7 Å². The summed E-state index contributed by atoms with van der Waals surface area (Å²) in [5.74, 6) is 0. The summed E-state index contributed by atoms with van der Waals surface area (Å²) in [6.45, 7) is 8.35. The second kappa shape index (κ2) is 4.91. The van der Waals surface area contributed by atoms with Crippen LogP contribution < -0.4 is 5.73 Å². The Kier molecular flexibility index (Phi) is 3.48. The molecular weight excluding hydrogens is 220 g/mol. The minimum absolute atomic E-state index is 0.148. The van der Waals surface area contributed by atoms with Crippen LogP contribution in [0.2, 0.25) is 0 Å². The Morgan fingerprint density at radius 1 is 1.06 bits per heavy atom. The second-order valence-corrected chi connectivity index (χ2v) is 4.98. The van der Waals surface area contributed by atoms with Crippen molar-refractivity contribution in [3.8, 4) is 0 Å². The zero-order chi connectivity index (χ0) is 13.3. The molecule has 2 heteroatoms. The first-order chi connectivity index (χ1) is 8.50. The van der Waals surface area contributed by atoms with Crippen LogP contribution >= 0.6 is 0 Å². The van der Waals surface area contributed by atoms with E-state index in [4.69, 9.17) is 5.73 Å². The van der Waals surface area contributed by atoms with Crippen molar-refractivity contribution >= 4 is 0 Å². The smallest absolute Gasteiger partial charge is 0.0731 e. The SMILES string of the molecule is Cc1cnc(C(N)c2cccc(C)c2C)c(C)c1. The average molecular weight is 240 g/mol. The first kappa shape index (κ1) is 12.8. The lowest BCUT2D eigenvalue weighted by molar-refractivity contribution is 0.807. The molecule has 1 heterocycles. The molecular formula is C16H20N2. The van der Waals surface area contributed by atoms with Crippen molar-refractivity contribution in [3.05, 3.63) is 64.0 Å². The number of nitrogens with two attached hydrogens (primary N) is 1. The molecule has 94 valence electrons. The van der Waals surface area contributed by atoms with Crippen molar-refractivity contribution in [1.82, 2.24) is 4.98 Å². The van der Waals surface area contributed by atoms with E-state index in [1.54, 1.807) is 0 Å². The molecule has 1 atom stereocenters. The molecule has 2 N–H and O–H groups in total. The van der Waals surface area contributed by atoms with Gasteiger partial charge >= 0.3 is 0 Å². The summed E-state index contributed by atoms with van der Waals surface area (Å²) in [4.78, 5) is 4.50. The van der Waals surface area contributed by atoms with Gasteiger partial charge in [-0.25, -0.2) is 0 Å². The molecule has 0 saturated carbocycles. The molecule has 0 bridgehead atoms. The third-order valence-corrected chi connectivity index (χ3v) is 3.53. The lowest BCUT2D eigenvalue weighted by atomic mass is 9.94. The number of hydrogen-bond acceptors (Lipinski definition) is 2. The average Bonchev–Trinajstić information content (AvgIpc) is 2.32. The van der Waals surface area contributed by atoms with E-state index in [1.807, 2.05) is 13.1 Å². The summed E-state index contributed by atoms with van der Waals surface area (Å²) in [5.41, 5.74) is 13.4. The Balaban J connectivity index is 2.48. The molecule has 1 aromatic carbocycles. The van der Waals surface area contributed by atoms with Crippen molar-refractivity contribution < 1.29 is 0 Å². The summed E-state index contributed by atoms with van der Waals surface area (Å²) >= 11 is 0. The van der Waals surface area contributed by atoms with Gasteiger partial charge in [-0.2, -0.15) is 0 Å². The highest BCUT2D eigenvalue weighted by atomic mass is 14.8. The number of aryl methyl sites for hydroxylation is 3. The van der Waals surface area contributed by atoms with Gasteiger partial charge in [0.05, 0.1) is 11.7 Å². The number of rotatable bonds is 2. The predicted octanol–water partition coefficient (Wildman–Crippen LogP) is 3.36. The summed E-state index contributed by atoms with van der Waals surface area (Å²) in [6, 6.07) is 8.24. The van der Waals surface area contributed by atoms with Gasteiger partial charge in [0.2, 0.25) is 0 Å². The number of nitrogens with zero attached hydrogens (tertiary/aromatic N) is 1. The number of hydrogen-bond donors (Lipinski definition) is 1. The third-order valence-electron chi connectivity index (χ3n) is 3.53. The molecule has 1 aromatic heterocycles. The van der Waals surface area contributed by atoms with E-state index in [-0.39, 0.29) is 6.04 Å². The maximum atomic E-state index is 6.37. The molecule has 0 saturated heterocycles. The maximum Gasteiger partial charge on any atom is 0.0731 e. The van der Waals surface area contributed by atoms with Gasteiger partial charge in [0.15, 0.2) is 0 Å². The molecule has 0 aliphatic rings. The van der Waals surface area contributed by atoms with E-state index < -0.39 is 0 Å². The Labute approximate surface area is 109 Å². The van der Waals surface area contributed by atoms with Crippen molar-refractivity contribution in [3.63, 3.8) is 0 Å². The molecule has 0 fully saturated rings. The summed E-state index contributed by atoms with van der Waals surface area (Å²) in [7, 11) is 0. The number of aromatic nitrogens is 1. The highest BCUT2D eigenvalue weighted by Crippen LogP contribution is 2.25. The van der Waals surface area contributed by atoms with Gasteiger partial charge in [-0.3, -0.25) is 4.98 Å². The minimum atomic E-state index is -0.148. The molecule has 0 amide bonds. The quantitative estimate of drug-likeness (QED) is 0.874. The van der Waals surface area contributed by atoms with Crippen molar-refractivity contribution in [2.24, 2.45) is 5.73 Å². The molecule has 1 unspecified atom stereocenters. The van der Waals surface area contributed by atoms with E-state index in [2.05, 4.69) is 50.0 Å². The van der Waals surface area contributed by atoms with Crippen LogP contribution in [0.3, 0.4) is 0 Å². The van der Waals surface area contributed by atoms with E-state index in [9.17, 15) is 0 Å². The first-order valence-corrected chi connectivity index (χ1v) is 6.25. The van der Waals surface area contributed by atoms with Crippen molar-refractivity contribution in [2.45, 2.75) is 33.7 Å². The van der Waals surface area contributed by atoms with Gasteiger partial charge in [-0.1, -0.05) is 24.3 Å².